The Morgan fingerprint density at radius 3 is 0.954 bits per heavy atom. The fraction of sp³-hybridized carbons (Fsp3) is 0.224. The van der Waals surface area contributed by atoms with E-state index < -0.39 is 5.41 Å². The molecule has 0 aromatic heterocycles. The SMILES string of the molecule is CCCCc1ccc(-c2cccc(N(C)c3ccc(-c4ccc(C(C)(C)c5ccc(C(CC(C)C)(c6ccc(-c7ccc(C)cc7)cc6)c6ccc(-c7ccc(N(C)c8cccc(-c9ccc(CCCC)cc9)c8)cc7)cc6)cc5)cc4)cc3)c2)cc1. The number of rotatable bonds is 22. The molecule has 1 unspecified atom stereocenters. The number of hydrogen-bond acceptors (Lipinski definition) is 2. The van der Waals surface area contributed by atoms with Gasteiger partial charge in [-0.3, -0.25) is 0 Å². The molecule has 2 heteroatoms. The first-order chi connectivity index (χ1) is 42.3. The lowest BCUT2D eigenvalue weighted by Gasteiger charge is -2.38. The highest BCUT2D eigenvalue weighted by Crippen LogP contribution is 2.47. The van der Waals surface area contributed by atoms with E-state index in [1.165, 1.54) is 137 Å². The van der Waals surface area contributed by atoms with Gasteiger partial charge in [0.15, 0.2) is 0 Å². The van der Waals surface area contributed by atoms with Gasteiger partial charge < -0.3 is 9.80 Å². The highest BCUT2D eigenvalue weighted by Gasteiger charge is 2.38. The van der Waals surface area contributed by atoms with E-state index in [0.29, 0.717) is 5.92 Å². The molecule has 0 amide bonds. The standard InChI is InChI=1S/C85H86N2/c1-10-12-16-63-24-30-71(31-25-63)73-18-14-20-82(58-73)86(8)80-54-40-69(41-55-80)66-34-44-75(45-35-66)84(6,7)76-50-52-79(53-51-76)85(60-61(3)4,77-46-36-67(37-47-77)65-28-22-62(5)23-29-65)78-48-38-68(39-49-78)70-42-56-81(57-43-70)87(9)83-21-15-19-74(59-83)72-32-26-64(27-33-72)17-13-11-2/h14-15,18-59,61H,10-13,16-17,60H2,1-9H3. The first-order valence-electron chi connectivity index (χ1n) is 31.9. The van der Waals surface area contributed by atoms with Crippen molar-refractivity contribution in [2.45, 2.75) is 104 Å². The largest absolute Gasteiger partial charge is 0.345 e. The van der Waals surface area contributed by atoms with E-state index in [-0.39, 0.29) is 5.41 Å². The van der Waals surface area contributed by atoms with Gasteiger partial charge in [-0.05, 0) is 188 Å². The Bertz CT molecular complexity index is 3980. The number of hydrogen-bond donors (Lipinski definition) is 0. The second-order valence-corrected chi connectivity index (χ2v) is 25.2. The summed E-state index contributed by atoms with van der Waals surface area (Å²) in [6.07, 6.45) is 8.11. The lowest BCUT2D eigenvalue weighted by molar-refractivity contribution is 0.453. The molecule has 11 aromatic rings. The molecular formula is C85H86N2. The quantitative estimate of drug-likeness (QED) is 0.0624. The maximum atomic E-state index is 2.42. The molecule has 0 aliphatic heterocycles. The normalized spacial score (nSPS) is 12.3. The van der Waals surface area contributed by atoms with Crippen LogP contribution in [0.2, 0.25) is 0 Å². The van der Waals surface area contributed by atoms with Crippen LogP contribution in [0.5, 0.6) is 0 Å². The minimum absolute atomic E-state index is 0.234. The summed E-state index contributed by atoms with van der Waals surface area (Å²) in [7, 11) is 4.32. The molecule has 87 heavy (non-hydrogen) atoms. The lowest BCUT2D eigenvalue weighted by Crippen LogP contribution is -2.31. The average molecular weight is 1140 g/mol. The second kappa shape index (κ2) is 26.7. The van der Waals surface area contributed by atoms with Crippen LogP contribution in [-0.2, 0) is 23.7 Å². The van der Waals surface area contributed by atoms with Gasteiger partial charge in [-0.2, -0.15) is 0 Å². The van der Waals surface area contributed by atoms with Crippen LogP contribution in [-0.4, -0.2) is 14.1 Å². The van der Waals surface area contributed by atoms with E-state index in [1.807, 2.05) is 0 Å². The molecule has 0 heterocycles. The molecule has 1 atom stereocenters. The smallest absolute Gasteiger partial charge is 0.0453 e. The predicted molar refractivity (Wildman–Crippen MR) is 375 cm³/mol. The van der Waals surface area contributed by atoms with Gasteiger partial charge in [-0.1, -0.05) is 278 Å². The van der Waals surface area contributed by atoms with Gasteiger partial charge in [-0.15, -0.1) is 0 Å². The second-order valence-electron chi connectivity index (χ2n) is 25.2. The maximum Gasteiger partial charge on any atom is 0.0453 e. The lowest BCUT2D eigenvalue weighted by atomic mass is 9.64. The third kappa shape index (κ3) is 13.4. The minimum atomic E-state index is -0.407. The van der Waals surface area contributed by atoms with Crippen molar-refractivity contribution in [3.63, 3.8) is 0 Å². The molecule has 0 radical (unpaired) electrons. The van der Waals surface area contributed by atoms with Gasteiger partial charge in [0.1, 0.15) is 0 Å². The van der Waals surface area contributed by atoms with Crippen molar-refractivity contribution in [3.8, 4) is 55.6 Å². The van der Waals surface area contributed by atoms with E-state index in [2.05, 4.69) is 339 Å². The van der Waals surface area contributed by atoms with Crippen molar-refractivity contribution in [1.29, 1.82) is 0 Å². The maximum absolute atomic E-state index is 2.42. The molecule has 0 saturated carbocycles. The Labute approximate surface area is 520 Å². The molecular weight excluding hydrogens is 1050 g/mol. The molecule has 0 bridgehead atoms. The van der Waals surface area contributed by atoms with Gasteiger partial charge in [-0.25, -0.2) is 0 Å². The highest BCUT2D eigenvalue weighted by molar-refractivity contribution is 5.77. The zero-order valence-corrected chi connectivity index (χ0v) is 52.8. The third-order valence-corrected chi connectivity index (χ3v) is 18.4. The highest BCUT2D eigenvalue weighted by atomic mass is 15.1. The zero-order valence-electron chi connectivity index (χ0n) is 52.8. The topological polar surface area (TPSA) is 6.48 Å². The van der Waals surface area contributed by atoms with E-state index in [1.54, 1.807) is 0 Å². The summed E-state index contributed by atoms with van der Waals surface area (Å²) in [5, 5.41) is 0. The van der Waals surface area contributed by atoms with Crippen LogP contribution < -0.4 is 9.80 Å². The van der Waals surface area contributed by atoms with Gasteiger partial charge in [0.2, 0.25) is 0 Å². The van der Waals surface area contributed by atoms with Crippen molar-refractivity contribution in [3.05, 3.63) is 311 Å². The number of anilines is 4. The van der Waals surface area contributed by atoms with Crippen LogP contribution in [0.3, 0.4) is 0 Å². The van der Waals surface area contributed by atoms with Crippen LogP contribution >= 0.6 is 0 Å². The molecule has 11 aromatic carbocycles. The van der Waals surface area contributed by atoms with Gasteiger partial charge in [0, 0.05) is 47.7 Å². The first-order valence-corrected chi connectivity index (χ1v) is 31.9. The summed E-state index contributed by atoms with van der Waals surface area (Å²) < 4.78 is 0. The average Bonchev–Trinajstić information content (AvgIpc) is 1.11. The molecule has 436 valence electrons. The van der Waals surface area contributed by atoms with Crippen molar-refractivity contribution in [2.75, 3.05) is 23.9 Å². The fourth-order valence-electron chi connectivity index (χ4n) is 12.9. The van der Waals surface area contributed by atoms with Crippen molar-refractivity contribution in [2.24, 2.45) is 5.92 Å². The Morgan fingerprint density at radius 1 is 0.322 bits per heavy atom. The molecule has 0 saturated heterocycles. The summed E-state index contributed by atoms with van der Waals surface area (Å²) in [5.41, 5.74) is 26.8. The van der Waals surface area contributed by atoms with E-state index in [4.69, 9.17) is 0 Å². The summed E-state index contributed by atoms with van der Waals surface area (Å²) in [6.45, 7) is 16.1. The van der Waals surface area contributed by atoms with Crippen molar-refractivity contribution in [1.82, 2.24) is 0 Å². The van der Waals surface area contributed by atoms with Crippen LogP contribution in [0.15, 0.2) is 267 Å². The zero-order chi connectivity index (χ0) is 60.5. The summed E-state index contributed by atoms with van der Waals surface area (Å²) >= 11 is 0. The molecule has 0 spiro atoms. The van der Waals surface area contributed by atoms with Gasteiger partial charge >= 0.3 is 0 Å². The molecule has 0 fully saturated rings. The fourth-order valence-corrected chi connectivity index (χ4v) is 12.9. The van der Waals surface area contributed by atoms with Crippen molar-refractivity contribution < 1.29 is 0 Å². The monoisotopic (exact) mass is 1130 g/mol. The first kappa shape index (κ1) is 59.7. The molecule has 0 aliphatic rings. The Balaban J connectivity index is 0.836. The number of nitrogens with zero attached hydrogens (tertiary/aromatic N) is 2. The number of aryl methyl sites for hydroxylation is 3. The van der Waals surface area contributed by atoms with Crippen LogP contribution in [0.25, 0.3) is 55.6 Å². The molecule has 0 N–H and O–H groups in total. The van der Waals surface area contributed by atoms with E-state index in [9.17, 15) is 0 Å². The molecule has 0 aliphatic carbocycles. The minimum Gasteiger partial charge on any atom is -0.345 e. The summed E-state index contributed by atoms with van der Waals surface area (Å²) in [5.74, 6) is 0.412. The van der Waals surface area contributed by atoms with Gasteiger partial charge in [0.05, 0.1) is 0 Å². The summed E-state index contributed by atoms with van der Waals surface area (Å²) in [4.78, 5) is 4.56. The van der Waals surface area contributed by atoms with Crippen LogP contribution in [0.4, 0.5) is 22.7 Å². The van der Waals surface area contributed by atoms with E-state index >= 15 is 0 Å². The third-order valence-electron chi connectivity index (χ3n) is 18.4. The molecule has 2 nitrogen and oxygen atoms in total. The van der Waals surface area contributed by atoms with Crippen LogP contribution in [0.1, 0.15) is 118 Å². The van der Waals surface area contributed by atoms with Gasteiger partial charge in [0.25, 0.3) is 0 Å². The Morgan fingerprint density at radius 2 is 0.609 bits per heavy atom. The number of benzene rings is 11. The van der Waals surface area contributed by atoms with Crippen LogP contribution in [0, 0.1) is 12.8 Å². The number of unbranched alkanes of at least 4 members (excludes halogenated alkanes) is 2. The Hall–Kier alpha value is -8.98. The molecule has 11 rings (SSSR count). The summed E-state index contributed by atoms with van der Waals surface area (Å²) in [6, 6.07) is 101. The Kier molecular flexibility index (Phi) is 18.4. The van der Waals surface area contributed by atoms with Crippen molar-refractivity contribution >= 4 is 22.7 Å². The van der Waals surface area contributed by atoms with E-state index in [0.717, 1.165) is 30.6 Å². The predicted octanol–water partition coefficient (Wildman–Crippen LogP) is 23.3.